The summed E-state index contributed by atoms with van der Waals surface area (Å²) in [5.41, 5.74) is 0.651. The van der Waals surface area contributed by atoms with Gasteiger partial charge in [0.1, 0.15) is 0 Å². The zero-order valence-electron chi connectivity index (χ0n) is 13.4. The van der Waals surface area contributed by atoms with Crippen LogP contribution in [0.5, 0.6) is 0 Å². The number of likely N-dealkylation sites (tertiary alicyclic amines) is 1. The van der Waals surface area contributed by atoms with Crippen molar-refractivity contribution in [3.05, 3.63) is 22.1 Å². The molecule has 2 heterocycles. The number of hydrogen-bond acceptors (Lipinski definition) is 4. The zero-order chi connectivity index (χ0) is 15.9. The van der Waals surface area contributed by atoms with Crippen molar-refractivity contribution in [3.8, 4) is 0 Å². The Balaban J connectivity index is 2.02. The van der Waals surface area contributed by atoms with Gasteiger partial charge in [0.05, 0.1) is 5.25 Å². The van der Waals surface area contributed by atoms with Crippen LogP contribution >= 0.6 is 11.8 Å². The minimum atomic E-state index is -0.224. The molecule has 122 valence electrons. The van der Waals surface area contributed by atoms with Gasteiger partial charge >= 0.3 is 0 Å². The largest absolute Gasteiger partial charge is 0.342 e. The number of H-pyrrole nitrogens is 1. The maximum Gasteiger partial charge on any atom is 0.251 e. The highest BCUT2D eigenvalue weighted by atomic mass is 32.2. The molecule has 1 aliphatic rings. The Kier molecular flexibility index (Phi) is 6.49. The van der Waals surface area contributed by atoms with Crippen molar-refractivity contribution >= 4 is 17.7 Å². The van der Waals surface area contributed by atoms with Gasteiger partial charge in [0.25, 0.3) is 5.56 Å². The standard InChI is InChI=1S/C16H25N3O2S/c1-3-8-13-11-14(20)18-16(17-13)22-12(2)15(21)19-9-6-4-5-7-10-19/h11-12H,3-10H2,1-2H3,(H,17,18,20)/t12-/m0/s1. The second-order valence-electron chi connectivity index (χ2n) is 5.79. The predicted octanol–water partition coefficient (Wildman–Crippen LogP) is 2.61. The Morgan fingerprint density at radius 3 is 2.68 bits per heavy atom. The molecular weight excluding hydrogens is 298 g/mol. The molecular formula is C16H25N3O2S. The summed E-state index contributed by atoms with van der Waals surface area (Å²) >= 11 is 1.35. The molecule has 1 saturated heterocycles. The molecule has 6 heteroatoms. The lowest BCUT2D eigenvalue weighted by Crippen LogP contribution is -2.37. The molecule has 0 aliphatic carbocycles. The maximum absolute atomic E-state index is 12.5. The summed E-state index contributed by atoms with van der Waals surface area (Å²) in [5, 5.41) is 0.324. The van der Waals surface area contributed by atoms with Gasteiger partial charge in [-0.1, -0.05) is 37.9 Å². The Labute approximate surface area is 135 Å². The van der Waals surface area contributed by atoms with Crippen molar-refractivity contribution in [2.75, 3.05) is 13.1 Å². The van der Waals surface area contributed by atoms with Crippen LogP contribution in [0.3, 0.4) is 0 Å². The van der Waals surface area contributed by atoms with Gasteiger partial charge in [-0.15, -0.1) is 0 Å². The van der Waals surface area contributed by atoms with Crippen LogP contribution in [0.2, 0.25) is 0 Å². The molecule has 0 saturated carbocycles. The second-order valence-corrected chi connectivity index (χ2v) is 7.12. The van der Waals surface area contributed by atoms with E-state index in [9.17, 15) is 9.59 Å². The van der Waals surface area contributed by atoms with Crippen LogP contribution in [0, 0.1) is 0 Å². The molecule has 1 aliphatic heterocycles. The molecule has 1 atom stereocenters. The lowest BCUT2D eigenvalue weighted by molar-refractivity contribution is -0.130. The van der Waals surface area contributed by atoms with Crippen molar-refractivity contribution in [1.29, 1.82) is 0 Å². The molecule has 1 fully saturated rings. The van der Waals surface area contributed by atoms with E-state index in [0.29, 0.717) is 5.16 Å². The molecule has 1 N–H and O–H groups in total. The van der Waals surface area contributed by atoms with Gasteiger partial charge in [0.2, 0.25) is 5.91 Å². The van der Waals surface area contributed by atoms with E-state index in [4.69, 9.17) is 0 Å². The highest BCUT2D eigenvalue weighted by molar-refractivity contribution is 8.00. The highest BCUT2D eigenvalue weighted by Gasteiger charge is 2.23. The fraction of sp³-hybridized carbons (Fsp3) is 0.688. The van der Waals surface area contributed by atoms with Gasteiger partial charge in [-0.2, -0.15) is 0 Å². The summed E-state index contributed by atoms with van der Waals surface area (Å²) in [4.78, 5) is 33.4. The van der Waals surface area contributed by atoms with Crippen molar-refractivity contribution in [3.63, 3.8) is 0 Å². The molecule has 0 unspecified atom stereocenters. The van der Waals surface area contributed by atoms with E-state index >= 15 is 0 Å². The summed E-state index contributed by atoms with van der Waals surface area (Å²) in [6.07, 6.45) is 6.32. The van der Waals surface area contributed by atoms with Crippen LogP contribution in [-0.2, 0) is 11.2 Å². The van der Waals surface area contributed by atoms with E-state index in [2.05, 4.69) is 16.9 Å². The van der Waals surface area contributed by atoms with Gasteiger partial charge in [-0.3, -0.25) is 9.59 Å². The Morgan fingerprint density at radius 1 is 1.36 bits per heavy atom. The first-order valence-corrected chi connectivity index (χ1v) is 9.04. The molecule has 0 spiro atoms. The third-order valence-electron chi connectivity index (χ3n) is 3.83. The Hall–Kier alpha value is -1.30. The third-order valence-corrected chi connectivity index (χ3v) is 4.80. The molecule has 2 rings (SSSR count). The van der Waals surface area contributed by atoms with Gasteiger partial charge < -0.3 is 9.88 Å². The molecule has 0 aromatic carbocycles. The molecule has 1 aromatic heterocycles. The van der Waals surface area contributed by atoms with Crippen molar-refractivity contribution < 1.29 is 4.79 Å². The van der Waals surface area contributed by atoms with Crippen LogP contribution in [-0.4, -0.2) is 39.1 Å². The smallest absolute Gasteiger partial charge is 0.251 e. The number of hydrogen-bond donors (Lipinski definition) is 1. The Morgan fingerprint density at radius 2 is 2.05 bits per heavy atom. The van der Waals surface area contributed by atoms with E-state index in [1.54, 1.807) is 0 Å². The lowest BCUT2D eigenvalue weighted by atomic mass is 10.2. The number of thioether (sulfide) groups is 1. The number of nitrogens with zero attached hydrogens (tertiary/aromatic N) is 2. The SMILES string of the molecule is CCCc1cc(=O)[nH]c(S[C@@H](C)C(=O)N2CCCCCC2)n1. The summed E-state index contributed by atoms with van der Waals surface area (Å²) in [5.74, 6) is 0.149. The number of carbonyl (C=O) groups is 1. The summed E-state index contributed by atoms with van der Waals surface area (Å²) in [6.45, 7) is 5.65. The third kappa shape index (κ3) is 4.87. The first kappa shape index (κ1) is 17.1. The predicted molar refractivity (Wildman–Crippen MR) is 89.2 cm³/mol. The monoisotopic (exact) mass is 323 g/mol. The van der Waals surface area contributed by atoms with Gasteiger partial charge in [0.15, 0.2) is 5.16 Å². The Bertz CT molecular complexity index is 551. The van der Waals surface area contributed by atoms with Crippen molar-refractivity contribution in [1.82, 2.24) is 14.9 Å². The average Bonchev–Trinajstić information content (AvgIpc) is 2.75. The van der Waals surface area contributed by atoms with Gasteiger partial charge in [-0.25, -0.2) is 4.98 Å². The second kappa shape index (κ2) is 8.36. The molecule has 1 aromatic rings. The summed E-state index contributed by atoms with van der Waals surface area (Å²) < 4.78 is 0. The van der Waals surface area contributed by atoms with Crippen LogP contribution in [0.4, 0.5) is 0 Å². The lowest BCUT2D eigenvalue weighted by Gasteiger charge is -2.23. The quantitative estimate of drug-likeness (QED) is 0.668. The topological polar surface area (TPSA) is 66.1 Å². The normalized spacial score (nSPS) is 17.1. The van der Waals surface area contributed by atoms with Crippen molar-refractivity contribution in [2.45, 2.75) is 62.8 Å². The average molecular weight is 323 g/mol. The first-order valence-electron chi connectivity index (χ1n) is 8.16. The van der Waals surface area contributed by atoms with E-state index in [1.165, 1.54) is 30.7 Å². The minimum absolute atomic E-state index is 0.143. The first-order chi connectivity index (χ1) is 10.6. The highest BCUT2D eigenvalue weighted by Crippen LogP contribution is 2.22. The summed E-state index contributed by atoms with van der Waals surface area (Å²) in [7, 11) is 0. The van der Waals surface area contributed by atoms with Gasteiger partial charge in [0, 0.05) is 24.8 Å². The van der Waals surface area contributed by atoms with Crippen LogP contribution in [0.15, 0.2) is 16.0 Å². The number of aromatic nitrogens is 2. The minimum Gasteiger partial charge on any atom is -0.342 e. The molecule has 5 nitrogen and oxygen atoms in total. The zero-order valence-corrected chi connectivity index (χ0v) is 14.2. The van der Waals surface area contributed by atoms with Crippen molar-refractivity contribution in [2.24, 2.45) is 0 Å². The molecule has 0 radical (unpaired) electrons. The number of amides is 1. The summed E-state index contributed by atoms with van der Waals surface area (Å²) in [6, 6.07) is 1.54. The number of nitrogens with one attached hydrogen (secondary N) is 1. The number of rotatable bonds is 5. The fourth-order valence-corrected chi connectivity index (χ4v) is 3.60. The maximum atomic E-state index is 12.5. The van der Waals surface area contributed by atoms with Gasteiger partial charge in [-0.05, 0) is 26.2 Å². The number of carbonyl (C=O) groups excluding carboxylic acids is 1. The van der Waals surface area contributed by atoms with Crippen LogP contribution in [0.1, 0.15) is 51.6 Å². The molecule has 0 bridgehead atoms. The van der Waals surface area contributed by atoms with E-state index in [1.807, 2.05) is 11.8 Å². The fourth-order valence-electron chi connectivity index (χ4n) is 2.69. The van der Waals surface area contributed by atoms with Crippen LogP contribution in [0.25, 0.3) is 0 Å². The van der Waals surface area contributed by atoms with E-state index in [0.717, 1.165) is 44.5 Å². The van der Waals surface area contributed by atoms with Crippen LogP contribution < -0.4 is 5.56 Å². The number of aryl methyl sites for hydroxylation is 1. The van der Waals surface area contributed by atoms with E-state index < -0.39 is 0 Å². The molecule has 22 heavy (non-hydrogen) atoms. The molecule has 1 amide bonds. The number of aromatic amines is 1. The van der Waals surface area contributed by atoms with E-state index in [-0.39, 0.29) is 16.7 Å².